The minimum atomic E-state index is -0.152. The van der Waals surface area contributed by atoms with Gasteiger partial charge in [-0.3, -0.25) is 4.79 Å². The number of rotatable bonds is 3. The molecule has 1 nitrogen and oxygen atoms in total. The van der Waals surface area contributed by atoms with E-state index >= 15 is 0 Å². The Morgan fingerprint density at radius 2 is 2.22 bits per heavy atom. The molecule has 0 aromatic rings. The molecular weight excluding hydrogens is 132 g/mol. The molecule has 0 aliphatic heterocycles. The first-order chi connectivity index (χ1) is 4.16. The van der Waals surface area contributed by atoms with Crippen LogP contribution < -0.4 is 0 Å². The van der Waals surface area contributed by atoms with Crippen LogP contribution in [-0.2, 0) is 4.79 Å². The molecule has 0 atom stereocenters. The molecule has 2 heteroatoms. The largest absolute Gasteiger partial charge is 0.283 e. The second-order valence-electron chi connectivity index (χ2n) is 2.08. The highest BCUT2D eigenvalue weighted by Crippen LogP contribution is 2.02. The number of allylic oxidation sites excluding steroid dienone is 1. The van der Waals surface area contributed by atoms with Crippen LogP contribution in [0.1, 0.15) is 26.7 Å². The van der Waals surface area contributed by atoms with E-state index in [9.17, 15) is 4.79 Å². The molecule has 0 aliphatic carbocycles. The molecule has 0 N–H and O–H groups in total. The molecule has 0 saturated carbocycles. The van der Waals surface area contributed by atoms with Gasteiger partial charge in [0.05, 0.1) is 0 Å². The van der Waals surface area contributed by atoms with E-state index in [0.29, 0.717) is 0 Å². The zero-order chi connectivity index (χ0) is 7.28. The summed E-state index contributed by atoms with van der Waals surface area (Å²) in [5.41, 5.74) is 1.11. The van der Waals surface area contributed by atoms with Crippen LogP contribution in [0.15, 0.2) is 11.6 Å². The summed E-state index contributed by atoms with van der Waals surface area (Å²) < 4.78 is 0. The molecule has 52 valence electrons. The SMILES string of the molecule is CCC/C(C)=C/C(=O)S. The molecule has 0 radical (unpaired) electrons. The van der Waals surface area contributed by atoms with Crippen molar-refractivity contribution in [3.05, 3.63) is 11.6 Å². The fourth-order valence-corrected chi connectivity index (χ4v) is 0.898. The first-order valence-corrected chi connectivity index (χ1v) is 3.51. The van der Waals surface area contributed by atoms with E-state index in [0.717, 1.165) is 18.4 Å². The normalized spacial score (nSPS) is 11.7. The first kappa shape index (κ1) is 8.76. The van der Waals surface area contributed by atoms with Gasteiger partial charge in [-0.15, -0.1) is 12.6 Å². The summed E-state index contributed by atoms with van der Waals surface area (Å²) in [5.74, 6) is 0. The quantitative estimate of drug-likeness (QED) is 0.474. The lowest BCUT2D eigenvalue weighted by atomic mass is 10.2. The smallest absolute Gasteiger partial charge is 0.209 e. The summed E-state index contributed by atoms with van der Waals surface area (Å²) in [6, 6.07) is 0. The van der Waals surface area contributed by atoms with Crippen molar-refractivity contribution in [1.82, 2.24) is 0 Å². The Kier molecular flexibility index (Phi) is 4.50. The molecule has 0 bridgehead atoms. The molecule has 0 unspecified atom stereocenters. The van der Waals surface area contributed by atoms with E-state index in [1.165, 1.54) is 0 Å². The highest BCUT2D eigenvalue weighted by Gasteiger charge is 1.89. The van der Waals surface area contributed by atoms with Gasteiger partial charge in [-0.05, 0) is 19.4 Å². The monoisotopic (exact) mass is 144 g/mol. The maximum atomic E-state index is 10.3. The second kappa shape index (κ2) is 4.62. The molecule has 0 fully saturated rings. The van der Waals surface area contributed by atoms with Gasteiger partial charge in [-0.25, -0.2) is 0 Å². The Morgan fingerprint density at radius 3 is 2.56 bits per heavy atom. The fourth-order valence-electron chi connectivity index (χ4n) is 0.677. The minimum absolute atomic E-state index is 0.152. The van der Waals surface area contributed by atoms with E-state index < -0.39 is 0 Å². The summed E-state index contributed by atoms with van der Waals surface area (Å²) >= 11 is 3.61. The Morgan fingerprint density at radius 1 is 1.67 bits per heavy atom. The van der Waals surface area contributed by atoms with Gasteiger partial charge in [-0.2, -0.15) is 0 Å². The number of thiol groups is 1. The van der Waals surface area contributed by atoms with Crippen molar-refractivity contribution in [3.8, 4) is 0 Å². The van der Waals surface area contributed by atoms with Gasteiger partial charge in [0.1, 0.15) is 0 Å². The molecule has 0 heterocycles. The van der Waals surface area contributed by atoms with E-state index in [2.05, 4.69) is 19.6 Å². The van der Waals surface area contributed by atoms with E-state index in [1.807, 2.05) is 6.92 Å². The Labute approximate surface area is 61.6 Å². The molecule has 0 aromatic carbocycles. The van der Waals surface area contributed by atoms with Crippen molar-refractivity contribution in [2.45, 2.75) is 26.7 Å². The maximum Gasteiger partial charge on any atom is 0.209 e. The zero-order valence-electron chi connectivity index (χ0n) is 5.85. The molecule has 0 amide bonds. The number of carbonyl (C=O) groups excluding carboxylic acids is 1. The summed E-state index contributed by atoms with van der Waals surface area (Å²) in [4.78, 5) is 10.3. The van der Waals surface area contributed by atoms with Crippen molar-refractivity contribution in [3.63, 3.8) is 0 Å². The number of hydrogen-bond acceptors (Lipinski definition) is 1. The van der Waals surface area contributed by atoms with E-state index in [-0.39, 0.29) is 5.12 Å². The zero-order valence-corrected chi connectivity index (χ0v) is 6.74. The molecule has 0 spiro atoms. The number of carbonyl (C=O) groups is 1. The van der Waals surface area contributed by atoms with Gasteiger partial charge in [0.15, 0.2) is 0 Å². The molecule has 0 aliphatic rings. The van der Waals surface area contributed by atoms with E-state index in [1.54, 1.807) is 6.08 Å². The third-order valence-corrected chi connectivity index (χ3v) is 1.14. The maximum absolute atomic E-state index is 10.3. The van der Waals surface area contributed by atoms with Gasteiger partial charge in [0.25, 0.3) is 0 Å². The van der Waals surface area contributed by atoms with Crippen LogP contribution in [0.5, 0.6) is 0 Å². The number of hydrogen-bond donors (Lipinski definition) is 1. The van der Waals surface area contributed by atoms with Crippen molar-refractivity contribution in [2.75, 3.05) is 0 Å². The summed E-state index contributed by atoms with van der Waals surface area (Å²) in [6.07, 6.45) is 3.64. The Hall–Kier alpha value is -0.240. The van der Waals surface area contributed by atoms with Crippen molar-refractivity contribution in [2.24, 2.45) is 0 Å². The van der Waals surface area contributed by atoms with Crippen molar-refractivity contribution < 1.29 is 4.79 Å². The molecule has 9 heavy (non-hydrogen) atoms. The average Bonchev–Trinajstić information content (AvgIpc) is 1.63. The van der Waals surface area contributed by atoms with Crippen LogP contribution >= 0.6 is 12.6 Å². The van der Waals surface area contributed by atoms with Gasteiger partial charge in [0, 0.05) is 0 Å². The highest BCUT2D eigenvalue weighted by molar-refractivity contribution is 7.97. The predicted octanol–water partition coefficient (Wildman–Crippen LogP) is 2.19. The topological polar surface area (TPSA) is 17.1 Å². The highest BCUT2D eigenvalue weighted by atomic mass is 32.1. The van der Waals surface area contributed by atoms with Crippen LogP contribution in [0.4, 0.5) is 0 Å². The molecule has 0 aromatic heterocycles. The van der Waals surface area contributed by atoms with Crippen LogP contribution in [0.25, 0.3) is 0 Å². The predicted molar refractivity (Wildman–Crippen MR) is 42.7 cm³/mol. The Bertz CT molecular complexity index is 127. The molecular formula is C7H12OS. The molecule has 0 saturated heterocycles. The van der Waals surface area contributed by atoms with E-state index in [4.69, 9.17) is 0 Å². The van der Waals surface area contributed by atoms with Crippen molar-refractivity contribution in [1.29, 1.82) is 0 Å². The fraction of sp³-hybridized carbons (Fsp3) is 0.571. The summed E-state index contributed by atoms with van der Waals surface area (Å²) in [5, 5.41) is -0.152. The Balaban J connectivity index is 3.69. The average molecular weight is 144 g/mol. The van der Waals surface area contributed by atoms with Gasteiger partial charge in [0.2, 0.25) is 5.12 Å². The summed E-state index contributed by atoms with van der Waals surface area (Å²) in [7, 11) is 0. The van der Waals surface area contributed by atoms with Crippen LogP contribution in [0.2, 0.25) is 0 Å². The standard InChI is InChI=1S/C7H12OS/c1-3-4-6(2)5-7(8)9/h5H,3-4H2,1-2H3,(H,8,9)/b6-5+. The lowest BCUT2D eigenvalue weighted by Gasteiger charge is -1.92. The van der Waals surface area contributed by atoms with Gasteiger partial charge < -0.3 is 0 Å². The first-order valence-electron chi connectivity index (χ1n) is 3.07. The van der Waals surface area contributed by atoms with Crippen LogP contribution in [-0.4, -0.2) is 5.12 Å². The van der Waals surface area contributed by atoms with Gasteiger partial charge in [-0.1, -0.05) is 18.9 Å². The lowest BCUT2D eigenvalue weighted by Crippen LogP contribution is -1.81. The minimum Gasteiger partial charge on any atom is -0.283 e. The van der Waals surface area contributed by atoms with Gasteiger partial charge >= 0.3 is 0 Å². The second-order valence-corrected chi connectivity index (χ2v) is 2.52. The third kappa shape index (κ3) is 5.63. The van der Waals surface area contributed by atoms with Crippen LogP contribution in [0.3, 0.4) is 0 Å². The van der Waals surface area contributed by atoms with Crippen LogP contribution in [0, 0.1) is 0 Å². The summed E-state index contributed by atoms with van der Waals surface area (Å²) in [6.45, 7) is 4.03. The third-order valence-electron chi connectivity index (χ3n) is 1.01. The van der Waals surface area contributed by atoms with Crippen molar-refractivity contribution >= 4 is 17.7 Å². The lowest BCUT2D eigenvalue weighted by molar-refractivity contribution is -0.106. The molecule has 0 rings (SSSR count).